The fraction of sp³-hybridized carbons (Fsp3) is 0.462. The van der Waals surface area contributed by atoms with E-state index in [2.05, 4.69) is 32.1 Å². The Morgan fingerprint density at radius 3 is 2.86 bits per heavy atom. The first kappa shape index (κ1) is 9.45. The largest absolute Gasteiger partial charge is 0.295 e. The second-order valence-corrected chi connectivity index (χ2v) is 4.48. The molecule has 2 unspecified atom stereocenters. The van der Waals surface area contributed by atoms with Crippen LogP contribution in [0.4, 0.5) is 0 Å². The molecule has 14 heavy (non-hydrogen) atoms. The van der Waals surface area contributed by atoms with Gasteiger partial charge in [-0.1, -0.05) is 38.2 Å². The molecule has 2 aliphatic carbocycles. The van der Waals surface area contributed by atoms with E-state index < -0.39 is 0 Å². The van der Waals surface area contributed by atoms with E-state index in [4.69, 9.17) is 0 Å². The average Bonchev–Trinajstić information content (AvgIpc) is 2.16. The number of ketones is 1. The van der Waals surface area contributed by atoms with E-state index in [1.165, 1.54) is 5.57 Å². The van der Waals surface area contributed by atoms with Gasteiger partial charge in [-0.25, -0.2) is 0 Å². The zero-order valence-corrected chi connectivity index (χ0v) is 8.73. The molecule has 0 saturated heterocycles. The summed E-state index contributed by atoms with van der Waals surface area (Å²) in [6.45, 7) is 4.45. The van der Waals surface area contributed by atoms with Crippen molar-refractivity contribution in [3.05, 3.63) is 36.0 Å². The molecule has 0 bridgehead atoms. The van der Waals surface area contributed by atoms with Gasteiger partial charge in [0, 0.05) is 6.42 Å². The van der Waals surface area contributed by atoms with E-state index in [1.807, 2.05) is 6.08 Å². The molecule has 2 rings (SSSR count). The molecule has 2 atom stereocenters. The molecular formula is C13H16O. The fourth-order valence-electron chi connectivity index (χ4n) is 2.37. The van der Waals surface area contributed by atoms with E-state index in [9.17, 15) is 4.79 Å². The van der Waals surface area contributed by atoms with Crippen molar-refractivity contribution in [2.24, 2.45) is 17.8 Å². The van der Waals surface area contributed by atoms with Crippen molar-refractivity contribution in [2.75, 3.05) is 0 Å². The van der Waals surface area contributed by atoms with Crippen molar-refractivity contribution >= 4 is 5.78 Å². The highest BCUT2D eigenvalue weighted by atomic mass is 16.1. The van der Waals surface area contributed by atoms with Crippen molar-refractivity contribution in [1.29, 1.82) is 0 Å². The van der Waals surface area contributed by atoms with Gasteiger partial charge in [-0.05, 0) is 29.4 Å². The Morgan fingerprint density at radius 1 is 1.36 bits per heavy atom. The summed E-state index contributed by atoms with van der Waals surface area (Å²) in [6, 6.07) is 0. The molecule has 0 saturated carbocycles. The van der Waals surface area contributed by atoms with E-state index in [0.717, 1.165) is 0 Å². The molecule has 0 fully saturated rings. The van der Waals surface area contributed by atoms with Gasteiger partial charge in [0.1, 0.15) is 0 Å². The van der Waals surface area contributed by atoms with Crippen LogP contribution in [-0.2, 0) is 4.79 Å². The van der Waals surface area contributed by atoms with Crippen LogP contribution in [0, 0.1) is 17.8 Å². The molecular weight excluding hydrogens is 172 g/mol. The minimum absolute atomic E-state index is 0.271. The zero-order chi connectivity index (χ0) is 10.1. The van der Waals surface area contributed by atoms with Crippen molar-refractivity contribution in [2.45, 2.75) is 20.3 Å². The van der Waals surface area contributed by atoms with Gasteiger partial charge in [0.05, 0.1) is 0 Å². The predicted molar refractivity (Wildman–Crippen MR) is 57.8 cm³/mol. The predicted octanol–water partition coefficient (Wildman–Crippen LogP) is 2.90. The third kappa shape index (κ3) is 1.59. The lowest BCUT2D eigenvalue weighted by Gasteiger charge is -2.32. The summed E-state index contributed by atoms with van der Waals surface area (Å²) in [6.07, 6.45) is 10.9. The lowest BCUT2D eigenvalue weighted by molar-refractivity contribution is -0.115. The van der Waals surface area contributed by atoms with Crippen LogP contribution in [0.15, 0.2) is 36.0 Å². The summed E-state index contributed by atoms with van der Waals surface area (Å²) in [5.74, 6) is 1.84. The first-order valence-electron chi connectivity index (χ1n) is 5.28. The zero-order valence-electron chi connectivity index (χ0n) is 8.73. The highest BCUT2D eigenvalue weighted by Crippen LogP contribution is 2.36. The van der Waals surface area contributed by atoms with E-state index in [-0.39, 0.29) is 5.78 Å². The molecule has 74 valence electrons. The number of allylic oxidation sites excluding steroid dienone is 6. The number of rotatable bonds is 1. The smallest absolute Gasteiger partial charge is 0.156 e. The first-order valence-corrected chi connectivity index (χ1v) is 5.28. The number of carbonyl (C=O) groups excluding carboxylic acids is 1. The Morgan fingerprint density at radius 2 is 2.14 bits per heavy atom. The molecule has 2 aliphatic rings. The summed E-state index contributed by atoms with van der Waals surface area (Å²) in [5, 5.41) is 0. The molecule has 0 aliphatic heterocycles. The van der Waals surface area contributed by atoms with E-state index in [1.54, 1.807) is 6.08 Å². The highest BCUT2D eigenvalue weighted by molar-refractivity contribution is 5.92. The Balaban J connectivity index is 2.29. The van der Waals surface area contributed by atoms with Crippen LogP contribution in [0.2, 0.25) is 0 Å². The van der Waals surface area contributed by atoms with Gasteiger partial charge in [-0.15, -0.1) is 0 Å². The van der Waals surface area contributed by atoms with Gasteiger partial charge in [0.15, 0.2) is 5.78 Å². The van der Waals surface area contributed by atoms with Gasteiger partial charge < -0.3 is 0 Å². The SMILES string of the molecule is CC(C)C1C=CC=C2C=CC(=O)CC21. The molecule has 0 N–H and O–H groups in total. The van der Waals surface area contributed by atoms with Crippen molar-refractivity contribution in [1.82, 2.24) is 0 Å². The maximum atomic E-state index is 11.3. The van der Waals surface area contributed by atoms with Crippen LogP contribution in [0.3, 0.4) is 0 Å². The topological polar surface area (TPSA) is 17.1 Å². The number of hydrogen-bond acceptors (Lipinski definition) is 1. The molecule has 0 aromatic carbocycles. The quantitative estimate of drug-likeness (QED) is 0.618. The summed E-state index contributed by atoms with van der Waals surface area (Å²) in [4.78, 5) is 11.3. The number of carbonyl (C=O) groups is 1. The molecule has 1 heteroatoms. The van der Waals surface area contributed by atoms with Crippen molar-refractivity contribution < 1.29 is 4.79 Å². The maximum absolute atomic E-state index is 11.3. The van der Waals surface area contributed by atoms with Crippen LogP contribution >= 0.6 is 0 Å². The number of hydrogen-bond donors (Lipinski definition) is 0. The Labute approximate surface area is 85.2 Å². The summed E-state index contributed by atoms with van der Waals surface area (Å²) in [7, 11) is 0. The summed E-state index contributed by atoms with van der Waals surface area (Å²) < 4.78 is 0. The molecule has 0 heterocycles. The Bertz CT molecular complexity index is 331. The van der Waals surface area contributed by atoms with Crippen molar-refractivity contribution in [3.8, 4) is 0 Å². The van der Waals surface area contributed by atoms with E-state index >= 15 is 0 Å². The lowest BCUT2D eigenvalue weighted by Crippen LogP contribution is -2.26. The monoisotopic (exact) mass is 188 g/mol. The summed E-state index contributed by atoms with van der Waals surface area (Å²) >= 11 is 0. The van der Waals surface area contributed by atoms with Crippen LogP contribution in [0.5, 0.6) is 0 Å². The Hall–Kier alpha value is -1.11. The fourth-order valence-corrected chi connectivity index (χ4v) is 2.37. The van der Waals surface area contributed by atoms with E-state index in [0.29, 0.717) is 24.2 Å². The number of fused-ring (bicyclic) bond motifs is 1. The maximum Gasteiger partial charge on any atom is 0.156 e. The lowest BCUT2D eigenvalue weighted by atomic mass is 9.72. The minimum Gasteiger partial charge on any atom is -0.295 e. The molecule has 0 spiro atoms. The van der Waals surface area contributed by atoms with Crippen molar-refractivity contribution in [3.63, 3.8) is 0 Å². The van der Waals surface area contributed by atoms with Crippen LogP contribution in [0.25, 0.3) is 0 Å². The molecule has 0 aromatic rings. The van der Waals surface area contributed by atoms with Gasteiger partial charge in [0.25, 0.3) is 0 Å². The van der Waals surface area contributed by atoms with Crippen LogP contribution in [0.1, 0.15) is 20.3 Å². The van der Waals surface area contributed by atoms with Gasteiger partial charge >= 0.3 is 0 Å². The average molecular weight is 188 g/mol. The Kier molecular flexibility index (Phi) is 2.40. The van der Waals surface area contributed by atoms with Gasteiger partial charge in [-0.3, -0.25) is 4.79 Å². The second kappa shape index (κ2) is 3.56. The standard InChI is InChI=1S/C13H16O/c1-9(2)12-5-3-4-10-6-7-11(14)8-13(10)12/h3-7,9,12-13H,8H2,1-2H3. The van der Waals surface area contributed by atoms with Gasteiger partial charge in [-0.2, -0.15) is 0 Å². The van der Waals surface area contributed by atoms with Crippen LogP contribution in [-0.4, -0.2) is 5.78 Å². The molecule has 0 aromatic heterocycles. The van der Waals surface area contributed by atoms with Crippen LogP contribution < -0.4 is 0 Å². The summed E-state index contributed by atoms with van der Waals surface area (Å²) in [5.41, 5.74) is 1.32. The third-order valence-corrected chi connectivity index (χ3v) is 3.17. The molecule has 0 radical (unpaired) electrons. The normalized spacial score (nSPS) is 30.5. The highest BCUT2D eigenvalue weighted by Gasteiger charge is 2.29. The minimum atomic E-state index is 0.271. The molecule has 1 nitrogen and oxygen atoms in total. The molecule has 0 amide bonds. The first-order chi connectivity index (χ1) is 6.68. The van der Waals surface area contributed by atoms with Gasteiger partial charge in [0.2, 0.25) is 0 Å². The second-order valence-electron chi connectivity index (χ2n) is 4.48. The third-order valence-electron chi connectivity index (χ3n) is 3.17.